The Morgan fingerprint density at radius 3 is 2.47 bits per heavy atom. The van der Waals surface area contributed by atoms with Gasteiger partial charge in [-0.2, -0.15) is 0 Å². The van der Waals surface area contributed by atoms with Crippen LogP contribution in [0.5, 0.6) is 17.2 Å². The minimum Gasteiger partial charge on any atom is -0.494 e. The van der Waals surface area contributed by atoms with Gasteiger partial charge in [0.2, 0.25) is 0 Å². The second-order valence-electron chi connectivity index (χ2n) is 6.77. The second kappa shape index (κ2) is 12.5. The zero-order valence-corrected chi connectivity index (χ0v) is 21.5. The average Bonchev–Trinajstić information content (AvgIpc) is 3.13. The molecule has 0 spiro atoms. The number of rotatable bonds is 10. The van der Waals surface area contributed by atoms with Crippen LogP contribution in [0.1, 0.15) is 26.3 Å². The molecule has 1 amide bonds. The summed E-state index contributed by atoms with van der Waals surface area (Å²) in [6.45, 7) is 6.52. The van der Waals surface area contributed by atoms with E-state index in [1.165, 1.54) is 11.8 Å². The quantitative estimate of drug-likeness (QED) is 0.326. The van der Waals surface area contributed by atoms with Gasteiger partial charge in [-0.05, 0) is 96.5 Å². The molecule has 0 aliphatic carbocycles. The normalized spacial score (nSPS) is 15.4. The van der Waals surface area contributed by atoms with Gasteiger partial charge in [0.1, 0.15) is 5.75 Å². The van der Waals surface area contributed by atoms with E-state index in [2.05, 4.69) is 26.2 Å². The number of ether oxygens (including phenoxy) is 4. The lowest BCUT2D eigenvalue weighted by molar-refractivity contribution is -0.145. The second-order valence-corrected chi connectivity index (χ2v) is 8.65. The van der Waals surface area contributed by atoms with Crippen molar-refractivity contribution >= 4 is 56.5 Å². The number of thioether (sulfide) groups is 1. The number of halogens is 1. The Bertz CT molecular complexity index is 1100. The van der Waals surface area contributed by atoms with Gasteiger partial charge in [0.25, 0.3) is 5.91 Å². The van der Waals surface area contributed by atoms with Crippen molar-refractivity contribution in [2.45, 2.75) is 20.8 Å². The molecule has 1 saturated heterocycles. The first kappa shape index (κ1) is 25.6. The largest absolute Gasteiger partial charge is 0.494 e. The maximum Gasteiger partial charge on any atom is 0.344 e. The van der Waals surface area contributed by atoms with Crippen LogP contribution in [0.25, 0.3) is 6.08 Å². The van der Waals surface area contributed by atoms with Crippen molar-refractivity contribution in [1.29, 1.82) is 0 Å². The molecule has 1 fully saturated rings. The fourth-order valence-corrected chi connectivity index (χ4v) is 4.36. The first-order valence-electron chi connectivity index (χ1n) is 10.7. The molecular formula is C24H25BrN2O6S. The Morgan fingerprint density at radius 2 is 1.79 bits per heavy atom. The maximum atomic E-state index is 12.5. The standard InChI is InChI=1S/C24H25BrN2O6S/c1-4-30-17-9-7-16(8-10-17)26-24-27-23(29)20(34-24)13-15-11-18(25)22(19(12-15)31-5-2)33-14-21(28)32-6-3/h7-13H,4-6,14H2,1-3H3,(H,26,27,29)/b20-13+. The number of aliphatic imine (C=N–C) groups is 1. The van der Waals surface area contributed by atoms with Gasteiger partial charge in [-0.15, -0.1) is 0 Å². The zero-order chi connectivity index (χ0) is 24.5. The molecule has 0 bridgehead atoms. The molecule has 2 aromatic carbocycles. The van der Waals surface area contributed by atoms with E-state index in [1.54, 1.807) is 25.1 Å². The number of amides is 1. The Kier molecular flexibility index (Phi) is 9.41. The van der Waals surface area contributed by atoms with E-state index in [0.29, 0.717) is 44.9 Å². The van der Waals surface area contributed by atoms with Crippen LogP contribution in [0.3, 0.4) is 0 Å². The predicted octanol–water partition coefficient (Wildman–Crippen LogP) is 5.08. The molecule has 1 N–H and O–H groups in total. The third kappa shape index (κ3) is 7.01. The highest BCUT2D eigenvalue weighted by atomic mass is 79.9. The molecule has 1 aliphatic rings. The highest BCUT2D eigenvalue weighted by Crippen LogP contribution is 2.38. The number of amidine groups is 1. The number of hydrogen-bond acceptors (Lipinski definition) is 8. The molecule has 3 rings (SSSR count). The first-order valence-corrected chi connectivity index (χ1v) is 12.3. The van der Waals surface area contributed by atoms with Crippen LogP contribution >= 0.6 is 27.7 Å². The topological polar surface area (TPSA) is 95.5 Å². The highest BCUT2D eigenvalue weighted by molar-refractivity contribution is 9.10. The molecule has 0 unspecified atom stereocenters. The number of carbonyl (C=O) groups is 2. The van der Waals surface area contributed by atoms with Gasteiger partial charge in [0.15, 0.2) is 23.3 Å². The van der Waals surface area contributed by atoms with Crippen LogP contribution in [-0.2, 0) is 14.3 Å². The Labute approximate surface area is 210 Å². The van der Waals surface area contributed by atoms with Crippen molar-refractivity contribution < 1.29 is 28.5 Å². The first-order chi connectivity index (χ1) is 16.4. The summed E-state index contributed by atoms with van der Waals surface area (Å²) in [4.78, 5) is 29.1. The number of nitrogens with one attached hydrogen (secondary N) is 1. The smallest absolute Gasteiger partial charge is 0.344 e. The molecular weight excluding hydrogens is 524 g/mol. The SMILES string of the molecule is CCOC(=O)COc1c(Br)cc(/C=C2/SC(=Nc3ccc(OCC)cc3)NC2=O)cc1OCC. The summed E-state index contributed by atoms with van der Waals surface area (Å²) < 4.78 is 22.2. The van der Waals surface area contributed by atoms with E-state index >= 15 is 0 Å². The van der Waals surface area contributed by atoms with E-state index in [1.807, 2.05) is 38.1 Å². The van der Waals surface area contributed by atoms with Gasteiger partial charge < -0.3 is 24.3 Å². The number of benzene rings is 2. The van der Waals surface area contributed by atoms with Gasteiger partial charge in [-0.1, -0.05) is 0 Å². The van der Waals surface area contributed by atoms with Gasteiger partial charge in [0.05, 0.1) is 34.9 Å². The van der Waals surface area contributed by atoms with Gasteiger partial charge in [-0.3, -0.25) is 4.79 Å². The summed E-state index contributed by atoms with van der Waals surface area (Å²) >= 11 is 4.71. The molecule has 0 aromatic heterocycles. The fraction of sp³-hybridized carbons (Fsp3) is 0.292. The van der Waals surface area contributed by atoms with E-state index in [9.17, 15) is 9.59 Å². The van der Waals surface area contributed by atoms with Crippen LogP contribution in [0, 0.1) is 0 Å². The molecule has 8 nitrogen and oxygen atoms in total. The molecule has 0 atom stereocenters. The van der Waals surface area contributed by atoms with Crippen LogP contribution < -0.4 is 19.5 Å². The van der Waals surface area contributed by atoms with E-state index < -0.39 is 5.97 Å². The van der Waals surface area contributed by atoms with Crippen molar-refractivity contribution in [2.24, 2.45) is 4.99 Å². The molecule has 1 heterocycles. The van der Waals surface area contributed by atoms with Gasteiger partial charge >= 0.3 is 5.97 Å². The van der Waals surface area contributed by atoms with Gasteiger partial charge in [-0.25, -0.2) is 9.79 Å². The summed E-state index contributed by atoms with van der Waals surface area (Å²) in [7, 11) is 0. The van der Waals surface area contributed by atoms with Crippen LogP contribution in [0.15, 0.2) is 50.8 Å². The monoisotopic (exact) mass is 548 g/mol. The fourth-order valence-electron chi connectivity index (χ4n) is 2.94. The highest BCUT2D eigenvalue weighted by Gasteiger charge is 2.24. The lowest BCUT2D eigenvalue weighted by Crippen LogP contribution is -2.19. The van der Waals surface area contributed by atoms with Crippen molar-refractivity contribution in [3.05, 3.63) is 51.3 Å². The predicted molar refractivity (Wildman–Crippen MR) is 136 cm³/mol. The summed E-state index contributed by atoms with van der Waals surface area (Å²) in [5, 5.41) is 3.26. The minimum atomic E-state index is -0.471. The molecule has 10 heteroatoms. The van der Waals surface area contributed by atoms with E-state index in [-0.39, 0.29) is 19.1 Å². The Balaban J connectivity index is 1.78. The minimum absolute atomic E-state index is 0.240. The number of carbonyl (C=O) groups excluding carboxylic acids is 2. The van der Waals surface area contributed by atoms with Crippen molar-refractivity contribution in [3.63, 3.8) is 0 Å². The Morgan fingerprint density at radius 1 is 1.06 bits per heavy atom. The zero-order valence-electron chi connectivity index (χ0n) is 19.1. The molecule has 1 aliphatic heterocycles. The summed E-state index contributed by atoms with van der Waals surface area (Å²) in [6.07, 6.45) is 1.74. The lowest BCUT2D eigenvalue weighted by atomic mass is 10.2. The lowest BCUT2D eigenvalue weighted by Gasteiger charge is -2.14. The average molecular weight is 549 g/mol. The molecule has 0 radical (unpaired) electrons. The third-order valence-electron chi connectivity index (χ3n) is 4.30. The number of hydrogen-bond donors (Lipinski definition) is 1. The number of nitrogens with zero attached hydrogens (tertiary/aromatic N) is 1. The summed E-state index contributed by atoms with van der Waals surface area (Å²) in [6, 6.07) is 10.8. The van der Waals surface area contributed by atoms with Crippen molar-refractivity contribution in [1.82, 2.24) is 5.32 Å². The van der Waals surface area contributed by atoms with Crippen LogP contribution in [-0.4, -0.2) is 43.5 Å². The van der Waals surface area contributed by atoms with E-state index in [0.717, 1.165) is 11.3 Å². The molecule has 180 valence electrons. The van der Waals surface area contributed by atoms with Crippen molar-refractivity contribution in [2.75, 3.05) is 26.4 Å². The maximum absolute atomic E-state index is 12.5. The van der Waals surface area contributed by atoms with Crippen LogP contribution in [0.4, 0.5) is 5.69 Å². The Hall–Kier alpha value is -2.98. The summed E-state index contributed by atoms with van der Waals surface area (Å²) in [5.74, 6) is 0.881. The van der Waals surface area contributed by atoms with Crippen LogP contribution in [0.2, 0.25) is 0 Å². The van der Waals surface area contributed by atoms with E-state index in [4.69, 9.17) is 18.9 Å². The van der Waals surface area contributed by atoms with Crippen molar-refractivity contribution in [3.8, 4) is 17.2 Å². The molecule has 34 heavy (non-hydrogen) atoms. The summed E-state index contributed by atoms with van der Waals surface area (Å²) in [5.41, 5.74) is 1.43. The molecule has 2 aromatic rings. The molecule has 0 saturated carbocycles. The van der Waals surface area contributed by atoms with Gasteiger partial charge in [0, 0.05) is 0 Å². The number of esters is 1. The third-order valence-corrected chi connectivity index (χ3v) is 5.80.